The summed E-state index contributed by atoms with van der Waals surface area (Å²) in [5.74, 6) is 0.463. The zero-order valence-corrected chi connectivity index (χ0v) is 15.7. The number of carbonyl (C=O) groups is 1. The number of hydrogen-bond donors (Lipinski definition) is 2. The van der Waals surface area contributed by atoms with Crippen LogP contribution in [0.3, 0.4) is 0 Å². The molecule has 0 aromatic heterocycles. The number of amides is 1. The number of nitrogens with two attached hydrogens (primary N) is 1. The van der Waals surface area contributed by atoms with Crippen molar-refractivity contribution in [2.45, 2.75) is 33.8 Å². The number of ether oxygens (including phenoxy) is 1. The first kappa shape index (κ1) is 19.2. The van der Waals surface area contributed by atoms with Crippen molar-refractivity contribution in [3.63, 3.8) is 0 Å². The predicted octanol–water partition coefficient (Wildman–Crippen LogP) is 1.85. The van der Waals surface area contributed by atoms with Gasteiger partial charge in [0.25, 0.3) is 0 Å². The van der Waals surface area contributed by atoms with Gasteiger partial charge in [-0.2, -0.15) is 0 Å². The molecule has 1 atom stereocenters. The van der Waals surface area contributed by atoms with Crippen LogP contribution in [-0.4, -0.2) is 49.6 Å². The van der Waals surface area contributed by atoms with Crippen LogP contribution in [0, 0.1) is 12.3 Å². The van der Waals surface area contributed by atoms with E-state index in [1.165, 1.54) is 11.1 Å². The van der Waals surface area contributed by atoms with Crippen molar-refractivity contribution in [3.8, 4) is 0 Å². The summed E-state index contributed by atoms with van der Waals surface area (Å²) in [7, 11) is 0. The van der Waals surface area contributed by atoms with Crippen LogP contribution in [0.25, 0.3) is 0 Å². The molecule has 1 aliphatic rings. The Kier molecular flexibility index (Phi) is 6.42. The summed E-state index contributed by atoms with van der Waals surface area (Å²) in [5, 5.41) is 3.32. The van der Waals surface area contributed by atoms with Gasteiger partial charge in [-0.3, -0.25) is 9.79 Å². The first-order chi connectivity index (χ1) is 11.8. The Labute approximate surface area is 150 Å². The summed E-state index contributed by atoms with van der Waals surface area (Å²) in [6, 6.07) is 8.30. The van der Waals surface area contributed by atoms with E-state index >= 15 is 0 Å². The topological polar surface area (TPSA) is 79.9 Å². The van der Waals surface area contributed by atoms with E-state index in [1.807, 2.05) is 32.9 Å². The third kappa shape index (κ3) is 4.95. The Balaban J connectivity index is 2.15. The summed E-state index contributed by atoms with van der Waals surface area (Å²) in [6.07, 6.45) is 0.0166. The lowest BCUT2D eigenvalue weighted by molar-refractivity contribution is -0.125. The minimum atomic E-state index is -0.664. The van der Waals surface area contributed by atoms with E-state index < -0.39 is 5.41 Å². The maximum Gasteiger partial charge on any atom is 0.224 e. The summed E-state index contributed by atoms with van der Waals surface area (Å²) >= 11 is 0. The van der Waals surface area contributed by atoms with E-state index in [9.17, 15) is 4.79 Å². The molecule has 0 saturated carbocycles. The molecule has 2 rings (SSSR count). The first-order valence-electron chi connectivity index (χ1n) is 8.85. The number of nitrogens with one attached hydrogen (secondary N) is 1. The molecule has 6 heteroatoms. The summed E-state index contributed by atoms with van der Waals surface area (Å²) < 4.78 is 5.99. The van der Waals surface area contributed by atoms with Gasteiger partial charge in [-0.1, -0.05) is 24.3 Å². The Morgan fingerprint density at radius 1 is 1.44 bits per heavy atom. The summed E-state index contributed by atoms with van der Waals surface area (Å²) in [5.41, 5.74) is 7.23. The normalized spacial score (nSPS) is 19.0. The number of morpholine rings is 1. The van der Waals surface area contributed by atoms with Gasteiger partial charge >= 0.3 is 0 Å². The van der Waals surface area contributed by atoms with E-state index in [1.54, 1.807) is 0 Å². The van der Waals surface area contributed by atoms with Gasteiger partial charge in [-0.15, -0.1) is 0 Å². The van der Waals surface area contributed by atoms with E-state index in [0.29, 0.717) is 13.2 Å². The fourth-order valence-corrected chi connectivity index (χ4v) is 2.75. The SMILES string of the molecule is CCNC(=NCC(C)(C)C(N)=O)N1CCOC(c2ccccc2C)C1. The maximum atomic E-state index is 11.5. The van der Waals surface area contributed by atoms with Gasteiger partial charge in [0.1, 0.15) is 6.10 Å². The van der Waals surface area contributed by atoms with Crippen LogP contribution in [0.5, 0.6) is 0 Å². The van der Waals surface area contributed by atoms with Gasteiger partial charge in [0.05, 0.1) is 25.1 Å². The Hall–Kier alpha value is -2.08. The molecular weight excluding hydrogens is 316 g/mol. The minimum Gasteiger partial charge on any atom is -0.370 e. The largest absolute Gasteiger partial charge is 0.370 e. The molecule has 3 N–H and O–H groups in total. The van der Waals surface area contributed by atoms with Crippen molar-refractivity contribution < 1.29 is 9.53 Å². The molecule has 1 aliphatic heterocycles. The van der Waals surface area contributed by atoms with Crippen molar-refractivity contribution in [3.05, 3.63) is 35.4 Å². The number of primary amides is 1. The van der Waals surface area contributed by atoms with Crippen LogP contribution < -0.4 is 11.1 Å². The van der Waals surface area contributed by atoms with Crippen LogP contribution in [-0.2, 0) is 9.53 Å². The third-order valence-electron chi connectivity index (χ3n) is 4.53. The van der Waals surface area contributed by atoms with Crippen molar-refractivity contribution in [2.24, 2.45) is 16.1 Å². The highest BCUT2D eigenvalue weighted by atomic mass is 16.5. The van der Waals surface area contributed by atoms with Crippen molar-refractivity contribution in [1.82, 2.24) is 10.2 Å². The molecule has 1 amide bonds. The van der Waals surface area contributed by atoms with E-state index in [2.05, 4.69) is 34.3 Å². The minimum absolute atomic E-state index is 0.0166. The second-order valence-electron chi connectivity index (χ2n) is 7.08. The van der Waals surface area contributed by atoms with Crippen LogP contribution in [0.2, 0.25) is 0 Å². The average molecular weight is 346 g/mol. The Morgan fingerprint density at radius 2 is 2.16 bits per heavy atom. The van der Waals surface area contributed by atoms with Crippen molar-refractivity contribution in [2.75, 3.05) is 32.8 Å². The number of benzene rings is 1. The standard InChI is InChI=1S/C19H30N4O2/c1-5-21-18(22-13-19(3,4)17(20)24)23-10-11-25-16(12-23)15-9-7-6-8-14(15)2/h6-9,16H,5,10-13H2,1-4H3,(H2,20,24)(H,21,22). The van der Waals surface area contributed by atoms with Gasteiger partial charge in [-0.25, -0.2) is 0 Å². The molecule has 138 valence electrons. The van der Waals surface area contributed by atoms with Crippen LogP contribution in [0.15, 0.2) is 29.3 Å². The molecule has 0 radical (unpaired) electrons. The van der Waals surface area contributed by atoms with E-state index in [4.69, 9.17) is 10.5 Å². The van der Waals surface area contributed by atoms with Crippen LogP contribution in [0.1, 0.15) is 38.0 Å². The Bertz CT molecular complexity index is 628. The first-order valence-corrected chi connectivity index (χ1v) is 8.85. The van der Waals surface area contributed by atoms with Crippen LogP contribution in [0.4, 0.5) is 0 Å². The maximum absolute atomic E-state index is 11.5. The number of nitrogens with zero attached hydrogens (tertiary/aromatic N) is 2. The number of aliphatic imine (C=N–C) groups is 1. The highest BCUT2D eigenvalue weighted by Gasteiger charge is 2.28. The van der Waals surface area contributed by atoms with E-state index in [-0.39, 0.29) is 12.0 Å². The average Bonchev–Trinajstić information content (AvgIpc) is 2.59. The molecular formula is C19H30N4O2. The van der Waals surface area contributed by atoms with Gasteiger partial charge in [0.15, 0.2) is 5.96 Å². The molecule has 1 fully saturated rings. The number of rotatable bonds is 5. The summed E-state index contributed by atoms with van der Waals surface area (Å²) in [6.45, 7) is 11.0. The lowest BCUT2D eigenvalue weighted by Crippen LogP contribution is -2.49. The van der Waals surface area contributed by atoms with Gasteiger partial charge in [0, 0.05) is 13.1 Å². The molecule has 1 aromatic rings. The van der Waals surface area contributed by atoms with Gasteiger partial charge < -0.3 is 20.7 Å². The zero-order valence-electron chi connectivity index (χ0n) is 15.7. The molecule has 1 unspecified atom stereocenters. The van der Waals surface area contributed by atoms with E-state index in [0.717, 1.165) is 25.6 Å². The number of aryl methyl sites for hydroxylation is 1. The highest BCUT2D eigenvalue weighted by Crippen LogP contribution is 2.25. The molecule has 1 saturated heterocycles. The molecule has 0 bridgehead atoms. The molecule has 1 heterocycles. The number of guanidine groups is 1. The number of carbonyl (C=O) groups excluding carboxylic acids is 1. The molecule has 25 heavy (non-hydrogen) atoms. The van der Waals surface area contributed by atoms with Gasteiger partial charge in [0.2, 0.25) is 5.91 Å². The quantitative estimate of drug-likeness (QED) is 0.630. The second-order valence-corrected chi connectivity index (χ2v) is 7.08. The van der Waals surface area contributed by atoms with Crippen LogP contribution >= 0.6 is 0 Å². The predicted molar refractivity (Wildman–Crippen MR) is 100 cm³/mol. The fraction of sp³-hybridized carbons (Fsp3) is 0.579. The lowest BCUT2D eigenvalue weighted by atomic mass is 9.93. The highest BCUT2D eigenvalue weighted by molar-refractivity contribution is 5.82. The Morgan fingerprint density at radius 3 is 2.80 bits per heavy atom. The number of hydrogen-bond acceptors (Lipinski definition) is 3. The lowest BCUT2D eigenvalue weighted by Gasteiger charge is -2.36. The monoisotopic (exact) mass is 346 g/mol. The fourth-order valence-electron chi connectivity index (χ4n) is 2.75. The third-order valence-corrected chi connectivity index (χ3v) is 4.53. The molecule has 1 aromatic carbocycles. The molecule has 6 nitrogen and oxygen atoms in total. The molecule has 0 spiro atoms. The summed E-state index contributed by atoms with van der Waals surface area (Å²) in [4.78, 5) is 18.4. The smallest absolute Gasteiger partial charge is 0.224 e. The zero-order chi connectivity index (χ0) is 18.4. The van der Waals surface area contributed by atoms with Crippen molar-refractivity contribution >= 4 is 11.9 Å². The van der Waals surface area contributed by atoms with Crippen molar-refractivity contribution in [1.29, 1.82) is 0 Å². The van der Waals surface area contributed by atoms with Gasteiger partial charge in [-0.05, 0) is 38.8 Å². The second kappa shape index (κ2) is 8.34. The molecule has 0 aliphatic carbocycles.